The van der Waals surface area contributed by atoms with Crippen molar-refractivity contribution in [2.75, 3.05) is 26.7 Å². The normalized spacial score (nSPS) is 23.4. The molecule has 3 aliphatic rings. The number of rotatable bonds is 4. The molecule has 0 aliphatic carbocycles. The van der Waals surface area contributed by atoms with Crippen LogP contribution in [0.1, 0.15) is 42.1 Å². The fraction of sp³-hybridized carbons (Fsp3) is 0.579. The van der Waals surface area contributed by atoms with Gasteiger partial charge in [0, 0.05) is 25.7 Å². The summed E-state index contributed by atoms with van der Waals surface area (Å²) in [6.07, 6.45) is 2.83. The molecule has 2 bridgehead atoms. The van der Waals surface area contributed by atoms with Crippen molar-refractivity contribution < 1.29 is 14.3 Å². The summed E-state index contributed by atoms with van der Waals surface area (Å²) in [4.78, 5) is 29.5. The number of benzene rings is 1. The third-order valence-electron chi connectivity index (χ3n) is 5.13. The largest absolute Gasteiger partial charge is 0.496 e. The summed E-state index contributed by atoms with van der Waals surface area (Å²) >= 11 is 0. The molecule has 0 unspecified atom stereocenters. The van der Waals surface area contributed by atoms with Crippen molar-refractivity contribution in [1.29, 1.82) is 0 Å². The van der Waals surface area contributed by atoms with Crippen molar-refractivity contribution >= 4 is 11.8 Å². The topological polar surface area (TPSA) is 49.9 Å². The smallest absolute Gasteiger partial charge is 0.257 e. The van der Waals surface area contributed by atoms with Gasteiger partial charge in [-0.3, -0.25) is 9.59 Å². The molecule has 5 nitrogen and oxygen atoms in total. The number of fused-ring (bicyclic) bond motifs is 4. The van der Waals surface area contributed by atoms with E-state index in [4.69, 9.17) is 4.74 Å². The van der Waals surface area contributed by atoms with Gasteiger partial charge in [0.15, 0.2) is 0 Å². The van der Waals surface area contributed by atoms with Gasteiger partial charge in [0.1, 0.15) is 5.75 Å². The van der Waals surface area contributed by atoms with Crippen LogP contribution in [0.4, 0.5) is 0 Å². The Balaban J connectivity index is 1.86. The summed E-state index contributed by atoms with van der Waals surface area (Å²) in [7, 11) is 1.59. The van der Waals surface area contributed by atoms with E-state index >= 15 is 0 Å². The van der Waals surface area contributed by atoms with Crippen molar-refractivity contribution in [3.05, 3.63) is 29.3 Å². The molecule has 4 rings (SSSR count). The molecule has 0 radical (unpaired) electrons. The first-order chi connectivity index (χ1) is 11.5. The van der Waals surface area contributed by atoms with E-state index in [1.807, 2.05) is 34.9 Å². The van der Waals surface area contributed by atoms with Gasteiger partial charge in [-0.1, -0.05) is 13.0 Å². The van der Waals surface area contributed by atoms with Crippen LogP contribution in [0.2, 0.25) is 0 Å². The minimum absolute atomic E-state index is 0.0325. The summed E-state index contributed by atoms with van der Waals surface area (Å²) < 4.78 is 5.39. The number of methoxy groups -OCH3 is 1. The van der Waals surface area contributed by atoms with E-state index in [1.165, 1.54) is 0 Å². The van der Waals surface area contributed by atoms with Crippen molar-refractivity contribution in [2.45, 2.75) is 39.2 Å². The summed E-state index contributed by atoms with van der Waals surface area (Å²) in [5.41, 5.74) is 1.64. The second-order valence-corrected chi connectivity index (χ2v) is 6.87. The van der Waals surface area contributed by atoms with E-state index in [-0.39, 0.29) is 23.8 Å². The summed E-state index contributed by atoms with van der Waals surface area (Å²) in [6, 6.07) is 5.79. The molecule has 5 heteroatoms. The Morgan fingerprint density at radius 1 is 1.29 bits per heavy atom. The maximum absolute atomic E-state index is 13.0. The van der Waals surface area contributed by atoms with Crippen LogP contribution in [0, 0.1) is 12.8 Å². The highest BCUT2D eigenvalue weighted by Crippen LogP contribution is 2.31. The van der Waals surface area contributed by atoms with Gasteiger partial charge >= 0.3 is 0 Å². The number of amides is 2. The van der Waals surface area contributed by atoms with Crippen LogP contribution in [0.3, 0.4) is 0 Å². The van der Waals surface area contributed by atoms with Crippen LogP contribution in [0.15, 0.2) is 18.2 Å². The first-order valence-corrected chi connectivity index (χ1v) is 8.79. The van der Waals surface area contributed by atoms with Gasteiger partial charge in [0.05, 0.1) is 18.6 Å². The number of carbonyl (C=O) groups excluding carboxylic acids is 2. The molecular formula is C19H26N2O3. The van der Waals surface area contributed by atoms with Crippen molar-refractivity contribution in [3.63, 3.8) is 0 Å². The average Bonchev–Trinajstić information content (AvgIpc) is 2.87. The molecule has 1 aromatic rings. The zero-order valence-electron chi connectivity index (χ0n) is 14.7. The molecule has 24 heavy (non-hydrogen) atoms. The minimum atomic E-state index is -0.0595. The Hall–Kier alpha value is -2.04. The first kappa shape index (κ1) is 16.8. The van der Waals surface area contributed by atoms with E-state index < -0.39 is 0 Å². The van der Waals surface area contributed by atoms with Gasteiger partial charge in [-0.05, 0) is 43.9 Å². The van der Waals surface area contributed by atoms with Crippen LogP contribution < -0.4 is 4.74 Å². The molecule has 3 heterocycles. The lowest BCUT2D eigenvalue weighted by atomic mass is 9.94. The number of piperidine rings is 1. The Morgan fingerprint density at radius 2 is 2.08 bits per heavy atom. The monoisotopic (exact) mass is 330 g/mol. The zero-order valence-corrected chi connectivity index (χ0v) is 14.7. The maximum atomic E-state index is 13.0. The van der Waals surface area contributed by atoms with E-state index in [9.17, 15) is 9.59 Å². The molecule has 1 aromatic carbocycles. The molecule has 0 aromatic heterocycles. The van der Waals surface area contributed by atoms with Gasteiger partial charge in [-0.25, -0.2) is 0 Å². The van der Waals surface area contributed by atoms with Gasteiger partial charge in [0.2, 0.25) is 5.91 Å². The molecule has 130 valence electrons. The fourth-order valence-electron chi connectivity index (χ4n) is 3.89. The van der Waals surface area contributed by atoms with E-state index in [0.29, 0.717) is 24.4 Å². The van der Waals surface area contributed by atoms with Crippen LogP contribution >= 0.6 is 0 Å². The number of nitrogens with zero attached hydrogens (tertiary/aromatic N) is 2. The van der Waals surface area contributed by atoms with E-state index in [0.717, 1.165) is 31.4 Å². The highest BCUT2D eigenvalue weighted by atomic mass is 16.5. The molecular weight excluding hydrogens is 304 g/mol. The van der Waals surface area contributed by atoms with Crippen molar-refractivity contribution in [1.82, 2.24) is 9.80 Å². The molecule has 3 aliphatic heterocycles. The predicted molar refractivity (Wildman–Crippen MR) is 92.2 cm³/mol. The van der Waals surface area contributed by atoms with Gasteiger partial charge in [-0.15, -0.1) is 0 Å². The van der Waals surface area contributed by atoms with E-state index in [1.54, 1.807) is 7.11 Å². The lowest BCUT2D eigenvalue weighted by Gasteiger charge is -2.35. The van der Waals surface area contributed by atoms with Crippen LogP contribution in [-0.4, -0.2) is 54.4 Å². The van der Waals surface area contributed by atoms with Crippen LogP contribution in [-0.2, 0) is 4.79 Å². The number of hydrogen-bond acceptors (Lipinski definition) is 3. The second kappa shape index (κ2) is 6.83. The van der Waals surface area contributed by atoms with Gasteiger partial charge in [0.25, 0.3) is 5.91 Å². The average molecular weight is 330 g/mol. The Morgan fingerprint density at radius 3 is 2.79 bits per heavy atom. The Labute approximate surface area is 143 Å². The summed E-state index contributed by atoms with van der Waals surface area (Å²) in [5, 5.41) is 0. The number of aryl methyl sites for hydroxylation is 1. The standard InChI is InChI=1S/C19H26N2O3/c1-4-9-21-15-7-6-14(18(21)22)11-20(12-15)19(23)16-8-5-13(2)10-17(16)24-3/h5,8,10,14-15H,4,6-7,9,11-12H2,1-3H3/t14-,15+/m1/s1. The molecule has 0 saturated carbocycles. The SMILES string of the molecule is CCCN1C(=O)[C@@H]2CC[C@H]1CN(C(=O)c1ccc(C)cc1OC)C2. The van der Waals surface area contributed by atoms with Gasteiger partial charge < -0.3 is 14.5 Å². The van der Waals surface area contributed by atoms with E-state index in [2.05, 4.69) is 6.92 Å². The predicted octanol–water partition coefficient (Wildman–Crippen LogP) is 2.48. The molecule has 0 spiro atoms. The molecule has 2 amide bonds. The summed E-state index contributed by atoms with van der Waals surface area (Å²) in [6.45, 7) is 6.00. The minimum Gasteiger partial charge on any atom is -0.496 e. The van der Waals surface area contributed by atoms with Gasteiger partial charge in [-0.2, -0.15) is 0 Å². The highest BCUT2D eigenvalue weighted by molar-refractivity contribution is 5.97. The van der Waals surface area contributed by atoms with Crippen molar-refractivity contribution in [3.8, 4) is 5.75 Å². The zero-order chi connectivity index (χ0) is 17.3. The Bertz CT molecular complexity index is 643. The van der Waals surface area contributed by atoms with Crippen molar-refractivity contribution in [2.24, 2.45) is 5.92 Å². The molecule has 2 atom stereocenters. The third-order valence-corrected chi connectivity index (χ3v) is 5.13. The molecule has 3 saturated heterocycles. The lowest BCUT2D eigenvalue weighted by Crippen LogP contribution is -2.48. The van der Waals surface area contributed by atoms with Crippen LogP contribution in [0.5, 0.6) is 5.75 Å². The quantitative estimate of drug-likeness (QED) is 0.852. The third kappa shape index (κ3) is 2.99. The number of hydrogen-bond donors (Lipinski definition) is 0. The lowest BCUT2D eigenvalue weighted by molar-refractivity contribution is -0.139. The van der Waals surface area contributed by atoms with Crippen LogP contribution in [0.25, 0.3) is 0 Å². The molecule has 3 fully saturated rings. The number of carbonyl (C=O) groups is 2. The fourth-order valence-corrected chi connectivity index (χ4v) is 3.89. The Kier molecular flexibility index (Phi) is 4.78. The second-order valence-electron chi connectivity index (χ2n) is 6.87. The molecule has 0 N–H and O–H groups in total. The highest BCUT2D eigenvalue weighted by Gasteiger charge is 2.41. The summed E-state index contributed by atoms with van der Waals surface area (Å²) in [5.74, 6) is 0.734. The maximum Gasteiger partial charge on any atom is 0.257 e. The first-order valence-electron chi connectivity index (χ1n) is 8.79. The number of ether oxygens (including phenoxy) is 1.